The summed E-state index contributed by atoms with van der Waals surface area (Å²) in [4.78, 5) is 1.95. The van der Waals surface area contributed by atoms with Gasteiger partial charge in [-0.2, -0.15) is 0 Å². The van der Waals surface area contributed by atoms with Crippen LogP contribution in [-0.4, -0.2) is 64.2 Å². The van der Waals surface area contributed by atoms with Gasteiger partial charge in [-0.05, 0) is 26.4 Å². The molecule has 5 heteroatoms. The largest absolute Gasteiger partial charge is 0.389 e. The van der Waals surface area contributed by atoms with Crippen molar-refractivity contribution >= 4 is 0 Å². The minimum Gasteiger partial charge on any atom is -0.389 e. The smallest absolute Gasteiger partial charge is 0.108 e. The quantitative estimate of drug-likeness (QED) is 0.432. The number of aliphatic hydroxyl groups excluding tert-OH is 3. The van der Waals surface area contributed by atoms with Crippen LogP contribution in [0.5, 0.6) is 0 Å². The van der Waals surface area contributed by atoms with E-state index in [1.165, 1.54) is 0 Å². The van der Waals surface area contributed by atoms with Gasteiger partial charge in [0.05, 0.1) is 12.2 Å². The van der Waals surface area contributed by atoms with Crippen LogP contribution in [0.15, 0.2) is 0 Å². The molecule has 84 valence electrons. The predicted molar refractivity (Wildman–Crippen MR) is 52.7 cm³/mol. The molecule has 0 aromatic heterocycles. The molecule has 0 spiro atoms. The van der Waals surface area contributed by atoms with Crippen molar-refractivity contribution in [2.45, 2.75) is 37.7 Å². The van der Waals surface area contributed by atoms with E-state index >= 15 is 0 Å². The topological polar surface area (TPSA) is 90.0 Å². The van der Waals surface area contributed by atoms with Crippen molar-refractivity contribution in [2.75, 3.05) is 19.6 Å². The van der Waals surface area contributed by atoms with Gasteiger partial charge in [-0.25, -0.2) is 0 Å². The van der Waals surface area contributed by atoms with E-state index in [1.807, 2.05) is 11.8 Å². The van der Waals surface area contributed by atoms with Crippen molar-refractivity contribution in [3.8, 4) is 0 Å². The third-order valence-corrected chi connectivity index (χ3v) is 2.89. The molecule has 14 heavy (non-hydrogen) atoms. The average Bonchev–Trinajstić information content (AvgIpc) is 2.18. The predicted octanol–water partition coefficient (Wildman–Crippen LogP) is -1.88. The number of hydrogen-bond acceptors (Lipinski definition) is 5. The molecule has 1 aliphatic rings. The van der Waals surface area contributed by atoms with Gasteiger partial charge >= 0.3 is 0 Å². The van der Waals surface area contributed by atoms with Crippen LogP contribution in [0.3, 0.4) is 0 Å². The molecule has 1 saturated heterocycles. The standard InChI is InChI=1S/C9H20N2O3/c1-6-8(13)9(14)7(12)5-11(6)4-2-3-10/h6-9,12-14H,2-5,10H2,1H3/t6-,7+,8+,9-/m0/s1. The normalized spacial score (nSPS) is 40.1. The molecule has 4 atom stereocenters. The summed E-state index contributed by atoms with van der Waals surface area (Å²) in [6.07, 6.45) is -1.94. The summed E-state index contributed by atoms with van der Waals surface area (Å²) in [5.74, 6) is 0. The molecule has 0 aliphatic carbocycles. The van der Waals surface area contributed by atoms with Gasteiger partial charge in [-0.3, -0.25) is 4.90 Å². The molecule has 0 saturated carbocycles. The van der Waals surface area contributed by atoms with Crippen molar-refractivity contribution in [3.63, 3.8) is 0 Å². The third kappa shape index (κ3) is 2.43. The highest BCUT2D eigenvalue weighted by atomic mass is 16.4. The molecular weight excluding hydrogens is 184 g/mol. The maximum Gasteiger partial charge on any atom is 0.108 e. The minimum absolute atomic E-state index is 0.125. The van der Waals surface area contributed by atoms with Gasteiger partial charge in [0, 0.05) is 12.6 Å². The van der Waals surface area contributed by atoms with Gasteiger partial charge in [0.1, 0.15) is 6.10 Å². The molecule has 1 rings (SSSR count). The Labute approximate surface area is 84.1 Å². The molecule has 0 unspecified atom stereocenters. The van der Waals surface area contributed by atoms with Crippen LogP contribution in [0.25, 0.3) is 0 Å². The molecule has 0 bridgehead atoms. The second-order valence-corrected chi connectivity index (χ2v) is 3.93. The average molecular weight is 204 g/mol. The Hall–Kier alpha value is -0.200. The monoisotopic (exact) mass is 204 g/mol. The molecule has 1 fully saturated rings. The van der Waals surface area contributed by atoms with Gasteiger partial charge in [-0.15, -0.1) is 0 Å². The number of aliphatic hydroxyl groups is 3. The van der Waals surface area contributed by atoms with Crippen molar-refractivity contribution < 1.29 is 15.3 Å². The molecule has 1 heterocycles. The lowest BCUT2D eigenvalue weighted by atomic mass is 9.95. The van der Waals surface area contributed by atoms with Crippen LogP contribution < -0.4 is 5.73 Å². The molecule has 5 N–H and O–H groups in total. The van der Waals surface area contributed by atoms with Gasteiger partial charge in [0.15, 0.2) is 0 Å². The first-order valence-corrected chi connectivity index (χ1v) is 5.06. The summed E-state index contributed by atoms with van der Waals surface area (Å²) in [5.41, 5.74) is 5.39. The maximum atomic E-state index is 9.60. The number of likely N-dealkylation sites (tertiary alicyclic amines) is 1. The van der Waals surface area contributed by atoms with E-state index in [9.17, 15) is 15.3 Å². The minimum atomic E-state index is -1.03. The maximum absolute atomic E-state index is 9.60. The highest BCUT2D eigenvalue weighted by molar-refractivity contribution is 4.91. The second-order valence-electron chi connectivity index (χ2n) is 3.93. The van der Waals surface area contributed by atoms with Crippen molar-refractivity contribution in [1.82, 2.24) is 4.90 Å². The Morgan fingerprint density at radius 3 is 2.50 bits per heavy atom. The van der Waals surface area contributed by atoms with E-state index in [1.54, 1.807) is 0 Å². The Morgan fingerprint density at radius 1 is 1.29 bits per heavy atom. The van der Waals surface area contributed by atoms with Crippen molar-refractivity contribution in [3.05, 3.63) is 0 Å². The van der Waals surface area contributed by atoms with E-state index in [4.69, 9.17) is 5.73 Å². The van der Waals surface area contributed by atoms with Gasteiger partial charge in [0.2, 0.25) is 0 Å². The summed E-state index contributed by atoms with van der Waals surface area (Å²) in [7, 11) is 0. The zero-order valence-electron chi connectivity index (χ0n) is 8.50. The van der Waals surface area contributed by atoms with E-state index in [0.29, 0.717) is 13.1 Å². The molecular formula is C9H20N2O3. The first-order valence-electron chi connectivity index (χ1n) is 5.06. The summed E-state index contributed by atoms with van der Waals surface area (Å²) in [5, 5.41) is 28.5. The lowest BCUT2D eigenvalue weighted by Crippen LogP contribution is -2.60. The van der Waals surface area contributed by atoms with E-state index in [-0.39, 0.29) is 6.04 Å². The van der Waals surface area contributed by atoms with Crippen LogP contribution >= 0.6 is 0 Å². The molecule has 0 aromatic rings. The molecule has 0 radical (unpaired) electrons. The Bertz CT molecular complexity index is 179. The van der Waals surface area contributed by atoms with Crippen molar-refractivity contribution in [2.24, 2.45) is 5.73 Å². The lowest BCUT2D eigenvalue weighted by Gasteiger charge is -2.42. The zero-order chi connectivity index (χ0) is 10.7. The fourth-order valence-electron chi connectivity index (χ4n) is 1.83. The van der Waals surface area contributed by atoms with E-state index in [2.05, 4.69) is 0 Å². The number of β-amino-alcohol motifs (C(OH)–C–C–N with tert-alkyl or cyclic N) is 1. The number of hydrogen-bond donors (Lipinski definition) is 4. The van der Waals surface area contributed by atoms with Gasteiger partial charge in [0.25, 0.3) is 0 Å². The first kappa shape index (κ1) is 11.9. The third-order valence-electron chi connectivity index (χ3n) is 2.89. The number of piperidine rings is 1. The van der Waals surface area contributed by atoms with Crippen LogP contribution in [0, 0.1) is 0 Å². The fraction of sp³-hybridized carbons (Fsp3) is 1.00. The molecule has 0 aromatic carbocycles. The number of rotatable bonds is 3. The molecule has 1 aliphatic heterocycles. The Balaban J connectivity index is 2.52. The summed E-state index contributed by atoms with van der Waals surface area (Å²) in [6.45, 7) is 3.59. The molecule has 5 nitrogen and oxygen atoms in total. The summed E-state index contributed by atoms with van der Waals surface area (Å²) < 4.78 is 0. The summed E-state index contributed by atoms with van der Waals surface area (Å²) in [6, 6.07) is -0.125. The second kappa shape index (κ2) is 5.04. The zero-order valence-corrected chi connectivity index (χ0v) is 8.50. The Morgan fingerprint density at radius 2 is 1.93 bits per heavy atom. The SMILES string of the molecule is C[C@H]1[C@@H](O)[C@@H](O)[C@H](O)CN1CCCN. The Kier molecular flexibility index (Phi) is 4.28. The van der Waals surface area contributed by atoms with Crippen LogP contribution in [-0.2, 0) is 0 Å². The number of nitrogens with two attached hydrogens (primary N) is 1. The van der Waals surface area contributed by atoms with Crippen LogP contribution in [0.4, 0.5) is 0 Å². The number of nitrogens with zero attached hydrogens (tertiary/aromatic N) is 1. The highest BCUT2D eigenvalue weighted by Crippen LogP contribution is 2.18. The first-order chi connectivity index (χ1) is 6.57. The van der Waals surface area contributed by atoms with Crippen molar-refractivity contribution in [1.29, 1.82) is 0 Å². The van der Waals surface area contributed by atoms with Gasteiger partial charge in [-0.1, -0.05) is 0 Å². The van der Waals surface area contributed by atoms with Crippen LogP contribution in [0.2, 0.25) is 0 Å². The lowest BCUT2D eigenvalue weighted by molar-refractivity contribution is -0.132. The van der Waals surface area contributed by atoms with Gasteiger partial charge < -0.3 is 21.1 Å². The van der Waals surface area contributed by atoms with Crippen LogP contribution in [0.1, 0.15) is 13.3 Å². The molecule has 0 amide bonds. The fourth-order valence-corrected chi connectivity index (χ4v) is 1.83. The summed E-state index contributed by atoms with van der Waals surface area (Å²) >= 11 is 0. The van der Waals surface area contributed by atoms with E-state index in [0.717, 1.165) is 13.0 Å². The van der Waals surface area contributed by atoms with E-state index < -0.39 is 18.3 Å². The highest BCUT2D eigenvalue weighted by Gasteiger charge is 2.38.